The van der Waals surface area contributed by atoms with E-state index in [0.717, 1.165) is 36.8 Å². The van der Waals surface area contributed by atoms with Gasteiger partial charge >= 0.3 is 6.09 Å². The highest BCUT2D eigenvalue weighted by atomic mass is 16.6. The minimum Gasteiger partial charge on any atom is -0.444 e. The second kappa shape index (κ2) is 25.0. The summed E-state index contributed by atoms with van der Waals surface area (Å²) in [7, 11) is 0. The molecule has 2 aromatic carbocycles. The Hall–Kier alpha value is -6.31. The number of nitrogens with two attached hydrogens (primary N) is 1. The third-order valence-corrected chi connectivity index (χ3v) is 8.11. The van der Waals surface area contributed by atoms with E-state index in [9.17, 15) is 24.0 Å². The van der Waals surface area contributed by atoms with Gasteiger partial charge in [0.25, 0.3) is 0 Å². The maximum Gasteiger partial charge on any atom is 0.412 e. The minimum absolute atomic E-state index is 0.0135. The average molecular weight is 781 g/mol. The Morgan fingerprint density at radius 1 is 0.544 bits per heavy atom. The number of amides is 5. The van der Waals surface area contributed by atoms with Gasteiger partial charge in [0.15, 0.2) is 0 Å². The summed E-state index contributed by atoms with van der Waals surface area (Å²) < 4.78 is 5.26. The highest BCUT2D eigenvalue weighted by Gasteiger charge is 2.17. The summed E-state index contributed by atoms with van der Waals surface area (Å²) in [6, 6.07) is 21.6. The van der Waals surface area contributed by atoms with E-state index in [2.05, 4.69) is 36.6 Å². The molecule has 4 rings (SSSR count). The van der Waals surface area contributed by atoms with Crippen LogP contribution in [0.15, 0.2) is 97.6 Å². The van der Waals surface area contributed by atoms with Crippen LogP contribution < -0.4 is 32.3 Å². The van der Waals surface area contributed by atoms with Gasteiger partial charge < -0.3 is 31.7 Å². The predicted octanol–water partition coefficient (Wildman–Crippen LogP) is 7.50. The Kier molecular flexibility index (Phi) is 19.7. The second-order valence-corrected chi connectivity index (χ2v) is 14.3. The van der Waals surface area contributed by atoms with Crippen molar-refractivity contribution in [2.75, 3.05) is 21.7 Å². The molecule has 57 heavy (non-hydrogen) atoms. The van der Waals surface area contributed by atoms with Crippen LogP contribution in [0, 0.1) is 0 Å². The van der Waals surface area contributed by atoms with Crippen LogP contribution in [0.2, 0.25) is 0 Å². The fourth-order valence-electron chi connectivity index (χ4n) is 5.23. The normalized spacial score (nSPS) is 10.6. The zero-order valence-electron chi connectivity index (χ0n) is 33.1. The third kappa shape index (κ3) is 20.3. The topological polar surface area (TPSA) is 207 Å². The highest BCUT2D eigenvalue weighted by Crippen LogP contribution is 2.23. The number of nitrogens with one attached hydrogen (secondary N) is 5. The number of nitrogen functional groups attached to an aromatic ring is 1. The number of para-hydroxylation sites is 4. The van der Waals surface area contributed by atoms with Gasteiger partial charge in [-0.3, -0.25) is 34.5 Å². The first kappa shape index (κ1) is 45.1. The molecule has 0 atom stereocenters. The molecule has 0 aliphatic heterocycles. The molecule has 0 fully saturated rings. The number of hydrogen-bond donors (Lipinski definition) is 6. The maximum absolute atomic E-state index is 12.3. The molecular weight excluding hydrogens is 725 g/mol. The molecule has 2 heterocycles. The number of unbranched alkanes of at least 4 members (excludes halogenated alkanes) is 4. The highest BCUT2D eigenvalue weighted by molar-refractivity contribution is 5.98. The summed E-state index contributed by atoms with van der Waals surface area (Å²) in [5, 5.41) is 14.0. The van der Waals surface area contributed by atoms with E-state index in [0.29, 0.717) is 74.4 Å². The van der Waals surface area contributed by atoms with Crippen LogP contribution in [0.4, 0.5) is 27.5 Å². The quantitative estimate of drug-likeness (QED) is 0.0411. The van der Waals surface area contributed by atoms with Gasteiger partial charge in [-0.1, -0.05) is 49.2 Å². The van der Waals surface area contributed by atoms with Crippen LogP contribution >= 0.6 is 0 Å². The molecule has 0 saturated carbocycles. The molecule has 7 N–H and O–H groups in total. The summed E-state index contributed by atoms with van der Waals surface area (Å²) in [6.07, 6.45) is 12.4. The minimum atomic E-state index is -0.613. The lowest BCUT2D eigenvalue weighted by Gasteiger charge is -2.20. The van der Waals surface area contributed by atoms with Crippen molar-refractivity contribution in [1.29, 1.82) is 0 Å². The molecule has 0 aliphatic carbocycles. The molecule has 2 aromatic heterocycles. The monoisotopic (exact) mass is 780 g/mol. The number of nitrogens with zero attached hydrogens (tertiary/aromatic N) is 2. The number of ether oxygens (including phenoxy) is 1. The molecule has 304 valence electrons. The molecular formula is C43H56N8O6. The molecule has 0 saturated heterocycles. The van der Waals surface area contributed by atoms with E-state index in [1.165, 1.54) is 0 Å². The standard InChI is InChI=1S/C24H32N4O4.C19H24N4O2/c1-24(2,3)32-23(31)28-20-12-8-7-11-19(20)27-22(30)14-6-4-5-13-21(29)26-17-18-10-9-15-25-16-18;20-16-8-4-5-9-17(16)23-19(25)11-3-1-2-10-18(24)22-14-15-7-6-12-21-13-15/h7-12,15-16H,4-6,13-14,17H2,1-3H3,(H,26,29)(H,27,30)(H,28,31);4-9,12-13H,1-3,10-11,14,20H2,(H,22,24)(H,23,25). The van der Waals surface area contributed by atoms with Crippen LogP contribution in [0.1, 0.15) is 96.1 Å². The van der Waals surface area contributed by atoms with Crippen molar-refractivity contribution in [2.45, 2.75) is 104 Å². The number of carbonyl (C=O) groups is 5. The van der Waals surface area contributed by atoms with E-state index in [1.54, 1.807) is 82.0 Å². The van der Waals surface area contributed by atoms with Gasteiger partial charge in [0.1, 0.15) is 5.60 Å². The van der Waals surface area contributed by atoms with Crippen LogP contribution in [0.5, 0.6) is 0 Å². The van der Waals surface area contributed by atoms with Gasteiger partial charge in [-0.05, 0) is 94.0 Å². The van der Waals surface area contributed by atoms with Gasteiger partial charge in [-0.15, -0.1) is 0 Å². The van der Waals surface area contributed by atoms with E-state index >= 15 is 0 Å². The largest absolute Gasteiger partial charge is 0.444 e. The van der Waals surface area contributed by atoms with Crippen molar-refractivity contribution in [3.8, 4) is 0 Å². The molecule has 0 aliphatic rings. The Balaban J connectivity index is 0.000000315. The number of anilines is 4. The SMILES string of the molecule is CC(C)(C)OC(=O)Nc1ccccc1NC(=O)CCCCCC(=O)NCc1cccnc1.Nc1ccccc1NC(=O)CCCCCC(=O)NCc1cccnc1. The van der Waals surface area contributed by atoms with Gasteiger partial charge in [-0.25, -0.2) is 4.79 Å². The van der Waals surface area contributed by atoms with Gasteiger partial charge in [0.2, 0.25) is 23.6 Å². The Morgan fingerprint density at radius 2 is 0.965 bits per heavy atom. The molecule has 0 spiro atoms. The Bertz CT molecular complexity index is 1850. The van der Waals surface area contributed by atoms with Crippen molar-refractivity contribution in [3.05, 3.63) is 109 Å². The van der Waals surface area contributed by atoms with Crippen LogP contribution in [-0.4, -0.2) is 45.3 Å². The lowest BCUT2D eigenvalue weighted by molar-refractivity contribution is -0.122. The zero-order chi connectivity index (χ0) is 41.3. The van der Waals surface area contributed by atoms with E-state index in [4.69, 9.17) is 10.5 Å². The van der Waals surface area contributed by atoms with Gasteiger partial charge in [-0.2, -0.15) is 0 Å². The van der Waals surface area contributed by atoms with Crippen molar-refractivity contribution in [3.63, 3.8) is 0 Å². The summed E-state index contributed by atoms with van der Waals surface area (Å²) in [6.45, 7) is 6.30. The van der Waals surface area contributed by atoms with Crippen molar-refractivity contribution >= 4 is 52.5 Å². The number of carbonyl (C=O) groups excluding carboxylic acids is 5. The predicted molar refractivity (Wildman–Crippen MR) is 223 cm³/mol. The number of rotatable bonds is 19. The first-order chi connectivity index (χ1) is 27.4. The maximum atomic E-state index is 12.3. The Morgan fingerprint density at radius 3 is 1.40 bits per heavy atom. The summed E-state index contributed by atoms with van der Waals surface area (Å²) in [4.78, 5) is 67.9. The summed E-state index contributed by atoms with van der Waals surface area (Å²) in [5.74, 6) is -0.200. The van der Waals surface area contributed by atoms with Crippen molar-refractivity contribution in [2.24, 2.45) is 0 Å². The van der Waals surface area contributed by atoms with Gasteiger partial charge in [0.05, 0.1) is 22.7 Å². The lowest BCUT2D eigenvalue weighted by atomic mass is 10.1. The molecule has 14 heteroatoms. The molecule has 14 nitrogen and oxygen atoms in total. The number of pyridine rings is 2. The smallest absolute Gasteiger partial charge is 0.412 e. The van der Waals surface area contributed by atoms with Crippen molar-refractivity contribution in [1.82, 2.24) is 20.6 Å². The van der Waals surface area contributed by atoms with Gasteiger partial charge in [0, 0.05) is 63.6 Å². The second-order valence-electron chi connectivity index (χ2n) is 14.3. The molecule has 0 bridgehead atoms. The fraction of sp³-hybridized carbons (Fsp3) is 0.372. The Labute approximate surface area is 335 Å². The molecule has 0 unspecified atom stereocenters. The summed E-state index contributed by atoms with van der Waals surface area (Å²) >= 11 is 0. The number of benzene rings is 2. The average Bonchev–Trinajstić information content (AvgIpc) is 3.18. The number of hydrogen-bond acceptors (Lipinski definition) is 9. The van der Waals surface area contributed by atoms with Crippen LogP contribution in [0.3, 0.4) is 0 Å². The van der Waals surface area contributed by atoms with Crippen molar-refractivity contribution < 1.29 is 28.7 Å². The third-order valence-electron chi connectivity index (χ3n) is 8.11. The van der Waals surface area contributed by atoms with E-state index in [1.807, 2.05) is 36.4 Å². The first-order valence-corrected chi connectivity index (χ1v) is 19.2. The molecule has 0 radical (unpaired) electrons. The number of aromatic nitrogens is 2. The molecule has 5 amide bonds. The van der Waals surface area contributed by atoms with Crippen LogP contribution in [0.25, 0.3) is 0 Å². The first-order valence-electron chi connectivity index (χ1n) is 19.2. The summed E-state index contributed by atoms with van der Waals surface area (Å²) in [5.41, 5.74) is 9.29. The molecule has 4 aromatic rings. The fourth-order valence-corrected chi connectivity index (χ4v) is 5.23. The van der Waals surface area contributed by atoms with Crippen LogP contribution in [-0.2, 0) is 37.0 Å². The zero-order valence-corrected chi connectivity index (χ0v) is 33.1. The van der Waals surface area contributed by atoms with E-state index < -0.39 is 11.7 Å². The van der Waals surface area contributed by atoms with E-state index in [-0.39, 0.29) is 23.6 Å². The lowest BCUT2D eigenvalue weighted by Crippen LogP contribution is -2.27.